The molecule has 0 unspecified atom stereocenters. The molecule has 19 heavy (non-hydrogen) atoms. The minimum Gasteiger partial charge on any atom is -0.496 e. The number of halogens is 1. The lowest BCUT2D eigenvalue weighted by molar-refractivity contribution is 0.0897. The average Bonchev–Trinajstić information content (AvgIpc) is 2.41. The molecule has 1 aliphatic rings. The number of piperidine rings is 1. The first kappa shape index (κ1) is 14.5. The Bertz CT molecular complexity index is 453. The molecule has 0 aromatic heterocycles. The van der Waals surface area contributed by atoms with Crippen molar-refractivity contribution in [1.82, 2.24) is 4.90 Å². The number of Topliss-reactive ketones (excluding diaryl/α,β-unsaturated/α-hetero) is 1. The molecule has 0 saturated carbocycles. The van der Waals surface area contributed by atoms with Crippen molar-refractivity contribution in [2.24, 2.45) is 5.92 Å². The normalized spacial score (nSPS) is 17.4. The summed E-state index contributed by atoms with van der Waals surface area (Å²) in [4.78, 5) is 14.6. The van der Waals surface area contributed by atoms with Crippen LogP contribution in [0.25, 0.3) is 0 Å². The first-order chi connectivity index (χ1) is 9.10. The van der Waals surface area contributed by atoms with Crippen molar-refractivity contribution in [1.29, 1.82) is 0 Å². The van der Waals surface area contributed by atoms with Crippen molar-refractivity contribution in [3.63, 3.8) is 0 Å². The van der Waals surface area contributed by atoms with Gasteiger partial charge in [-0.25, -0.2) is 0 Å². The summed E-state index contributed by atoms with van der Waals surface area (Å²) < 4.78 is 6.17. The number of carbonyl (C=O) groups excluding carboxylic acids is 1. The molecule has 1 fully saturated rings. The maximum atomic E-state index is 12.4. The predicted octanol–water partition coefficient (Wildman–Crippen LogP) is 3.37. The maximum Gasteiger partial charge on any atom is 0.180 e. The van der Waals surface area contributed by atoms with Crippen molar-refractivity contribution in [2.75, 3.05) is 26.7 Å². The van der Waals surface area contributed by atoms with E-state index in [4.69, 9.17) is 4.74 Å². The molecule has 4 heteroatoms. The molecule has 104 valence electrons. The molecule has 2 rings (SSSR count). The summed E-state index contributed by atoms with van der Waals surface area (Å²) in [6, 6.07) is 5.56. The number of rotatable bonds is 4. The van der Waals surface area contributed by atoms with E-state index in [1.54, 1.807) is 7.11 Å². The Morgan fingerprint density at radius 3 is 2.74 bits per heavy atom. The molecule has 1 aromatic rings. The van der Waals surface area contributed by atoms with Gasteiger partial charge in [0.05, 0.1) is 19.2 Å². The lowest BCUT2D eigenvalue weighted by Crippen LogP contribution is -2.36. The number of ether oxygens (including phenoxy) is 1. The van der Waals surface area contributed by atoms with Crippen molar-refractivity contribution >= 4 is 21.7 Å². The molecule has 0 radical (unpaired) electrons. The molecular formula is C15H20BrNO2. The monoisotopic (exact) mass is 325 g/mol. The van der Waals surface area contributed by atoms with Crippen LogP contribution in [0.2, 0.25) is 0 Å². The number of carbonyl (C=O) groups is 1. The minimum absolute atomic E-state index is 0.132. The number of methoxy groups -OCH3 is 1. The first-order valence-corrected chi connectivity index (χ1v) is 7.48. The molecule has 0 atom stereocenters. The second kappa shape index (κ2) is 6.53. The van der Waals surface area contributed by atoms with Crippen molar-refractivity contribution in [3.8, 4) is 5.75 Å². The Labute approximate surface area is 123 Å². The number of benzene rings is 1. The lowest BCUT2D eigenvalue weighted by Gasteiger charge is -2.29. The predicted molar refractivity (Wildman–Crippen MR) is 79.9 cm³/mol. The molecule has 1 saturated heterocycles. The summed E-state index contributed by atoms with van der Waals surface area (Å²) in [6.07, 6.45) is 2.37. The van der Waals surface area contributed by atoms with Crippen molar-refractivity contribution < 1.29 is 9.53 Å². The quantitative estimate of drug-likeness (QED) is 0.795. The van der Waals surface area contributed by atoms with E-state index in [9.17, 15) is 4.79 Å². The van der Waals surface area contributed by atoms with E-state index in [1.165, 1.54) is 12.8 Å². The second-order valence-electron chi connectivity index (χ2n) is 5.23. The van der Waals surface area contributed by atoms with Gasteiger partial charge in [-0.15, -0.1) is 0 Å². The van der Waals surface area contributed by atoms with E-state index in [1.807, 2.05) is 18.2 Å². The Hall–Kier alpha value is -0.870. The van der Waals surface area contributed by atoms with Gasteiger partial charge in [0.2, 0.25) is 0 Å². The van der Waals surface area contributed by atoms with Crippen molar-refractivity contribution in [3.05, 3.63) is 28.2 Å². The highest BCUT2D eigenvalue weighted by molar-refractivity contribution is 9.10. The number of likely N-dealkylation sites (tertiary alicyclic amines) is 1. The maximum absolute atomic E-state index is 12.4. The van der Waals surface area contributed by atoms with Crippen LogP contribution in [0.15, 0.2) is 22.7 Å². The van der Waals surface area contributed by atoms with Crippen LogP contribution < -0.4 is 4.74 Å². The van der Waals surface area contributed by atoms with Crippen LogP contribution in [-0.4, -0.2) is 37.4 Å². The number of hydrogen-bond acceptors (Lipinski definition) is 3. The van der Waals surface area contributed by atoms with E-state index in [2.05, 4.69) is 27.8 Å². The van der Waals surface area contributed by atoms with Crippen LogP contribution in [0, 0.1) is 5.92 Å². The van der Waals surface area contributed by atoms with E-state index in [-0.39, 0.29) is 5.78 Å². The number of ketones is 1. The van der Waals surface area contributed by atoms with Gasteiger partial charge in [0.1, 0.15) is 5.75 Å². The fourth-order valence-electron chi connectivity index (χ4n) is 2.41. The molecule has 1 aliphatic heterocycles. The molecule has 1 aromatic carbocycles. The fourth-order valence-corrected chi connectivity index (χ4v) is 2.77. The summed E-state index contributed by atoms with van der Waals surface area (Å²) in [7, 11) is 1.60. The molecule has 0 bridgehead atoms. The van der Waals surface area contributed by atoms with Gasteiger partial charge in [0, 0.05) is 4.47 Å². The zero-order valence-electron chi connectivity index (χ0n) is 11.5. The molecule has 0 amide bonds. The van der Waals surface area contributed by atoms with Gasteiger partial charge < -0.3 is 4.74 Å². The number of nitrogens with zero attached hydrogens (tertiary/aromatic N) is 1. The highest BCUT2D eigenvalue weighted by Gasteiger charge is 2.20. The number of hydrogen-bond donors (Lipinski definition) is 0. The fraction of sp³-hybridized carbons (Fsp3) is 0.533. The average molecular weight is 326 g/mol. The molecule has 1 heterocycles. The van der Waals surface area contributed by atoms with E-state index in [0.717, 1.165) is 23.5 Å². The summed E-state index contributed by atoms with van der Waals surface area (Å²) >= 11 is 3.41. The third-order valence-corrected chi connectivity index (χ3v) is 4.20. The van der Waals surface area contributed by atoms with E-state index in [0.29, 0.717) is 17.9 Å². The van der Waals surface area contributed by atoms with Gasteiger partial charge in [-0.1, -0.05) is 22.9 Å². The Balaban J connectivity index is 2.05. The van der Waals surface area contributed by atoms with Crippen LogP contribution in [-0.2, 0) is 0 Å². The van der Waals surface area contributed by atoms with E-state index >= 15 is 0 Å². The molecule has 3 nitrogen and oxygen atoms in total. The van der Waals surface area contributed by atoms with Crippen LogP contribution in [0.1, 0.15) is 30.1 Å². The molecule has 0 aliphatic carbocycles. The molecular weight excluding hydrogens is 306 g/mol. The van der Waals surface area contributed by atoms with Crippen LogP contribution in [0.4, 0.5) is 0 Å². The van der Waals surface area contributed by atoms with Gasteiger partial charge in [-0.2, -0.15) is 0 Å². The standard InChI is InChI=1S/C15H20BrNO2/c1-11-5-7-17(8-6-11)10-14(18)13-9-12(16)3-4-15(13)19-2/h3-4,9,11H,5-8,10H2,1-2H3. The Morgan fingerprint density at radius 1 is 1.42 bits per heavy atom. The molecule has 0 N–H and O–H groups in total. The van der Waals surface area contributed by atoms with Gasteiger partial charge in [0.15, 0.2) is 5.78 Å². The summed E-state index contributed by atoms with van der Waals surface area (Å²) in [5.41, 5.74) is 0.662. The van der Waals surface area contributed by atoms with Crippen LogP contribution >= 0.6 is 15.9 Å². The van der Waals surface area contributed by atoms with Gasteiger partial charge >= 0.3 is 0 Å². The van der Waals surface area contributed by atoms with Gasteiger partial charge in [0.25, 0.3) is 0 Å². The van der Waals surface area contributed by atoms with Gasteiger partial charge in [-0.3, -0.25) is 9.69 Å². The smallest absolute Gasteiger partial charge is 0.180 e. The van der Waals surface area contributed by atoms with Crippen molar-refractivity contribution in [2.45, 2.75) is 19.8 Å². The largest absolute Gasteiger partial charge is 0.496 e. The Kier molecular flexibility index (Phi) is 4.99. The SMILES string of the molecule is COc1ccc(Br)cc1C(=O)CN1CCC(C)CC1. The zero-order chi connectivity index (χ0) is 13.8. The minimum atomic E-state index is 0.132. The second-order valence-corrected chi connectivity index (χ2v) is 6.14. The summed E-state index contributed by atoms with van der Waals surface area (Å²) in [6.45, 7) is 4.79. The van der Waals surface area contributed by atoms with Gasteiger partial charge in [-0.05, 0) is 50.0 Å². The lowest BCUT2D eigenvalue weighted by atomic mass is 9.98. The third kappa shape index (κ3) is 3.80. The van der Waals surface area contributed by atoms with Crippen LogP contribution in [0.5, 0.6) is 5.75 Å². The molecule has 0 spiro atoms. The third-order valence-electron chi connectivity index (χ3n) is 3.71. The summed E-state index contributed by atoms with van der Waals surface area (Å²) in [5, 5.41) is 0. The highest BCUT2D eigenvalue weighted by Crippen LogP contribution is 2.24. The highest BCUT2D eigenvalue weighted by atomic mass is 79.9. The summed E-state index contributed by atoms with van der Waals surface area (Å²) in [5.74, 6) is 1.57. The van der Waals surface area contributed by atoms with Crippen LogP contribution in [0.3, 0.4) is 0 Å². The first-order valence-electron chi connectivity index (χ1n) is 6.69. The Morgan fingerprint density at radius 2 is 2.11 bits per heavy atom. The zero-order valence-corrected chi connectivity index (χ0v) is 13.1. The van der Waals surface area contributed by atoms with E-state index < -0.39 is 0 Å². The topological polar surface area (TPSA) is 29.5 Å².